The number of carbonyl (C=O) groups is 4. The standard InChI is InChI=1S/C18H17NO4.C10H20N2O3/c1-11(20)23-18-5-3-2-4-14(18)16(21)8-12-10-22-17-7-6-13(19)9-15(12)17;1-6(2)5-8(10(14)15-4)12-9(13)7(3)11/h2-7,9,12H,8,10,19H2,1H3;6-8H,5,11H2,1-4H3,(H,12,13)/t12-;7?,8-/m10/s1. The number of hydrogen-bond acceptors (Lipinski definition) is 9. The molecular formula is C28H37N3O7. The zero-order valence-corrected chi connectivity index (χ0v) is 22.5. The number of ether oxygens (including phenoxy) is 3. The van der Waals surface area contributed by atoms with Gasteiger partial charge in [0.05, 0.1) is 25.3 Å². The molecule has 5 N–H and O–H groups in total. The van der Waals surface area contributed by atoms with Crippen molar-refractivity contribution in [3.8, 4) is 11.5 Å². The van der Waals surface area contributed by atoms with Crippen LogP contribution < -0.4 is 26.3 Å². The molecule has 1 unspecified atom stereocenters. The molecule has 2 aromatic carbocycles. The summed E-state index contributed by atoms with van der Waals surface area (Å²) in [7, 11) is 1.30. The van der Waals surface area contributed by atoms with Gasteiger partial charge in [-0.15, -0.1) is 0 Å². The van der Waals surface area contributed by atoms with Crippen molar-refractivity contribution in [2.75, 3.05) is 19.5 Å². The van der Waals surface area contributed by atoms with Gasteiger partial charge in [0.15, 0.2) is 5.78 Å². The summed E-state index contributed by atoms with van der Waals surface area (Å²) >= 11 is 0. The number of nitrogens with one attached hydrogen (secondary N) is 1. The van der Waals surface area contributed by atoms with Crippen molar-refractivity contribution >= 4 is 29.3 Å². The SMILES string of the molecule is CC(=O)Oc1ccccc1C(=O)C[C@@H]1COc2ccc(N)cc21.COC(=O)[C@H](CC(C)C)NC(=O)C(C)N. The summed E-state index contributed by atoms with van der Waals surface area (Å²) in [5.74, 6) is -0.0158. The topological polar surface area (TPSA) is 160 Å². The summed E-state index contributed by atoms with van der Waals surface area (Å²) in [6, 6.07) is 11.0. The van der Waals surface area contributed by atoms with Gasteiger partial charge in [0.1, 0.15) is 17.5 Å². The molecule has 0 saturated carbocycles. The summed E-state index contributed by atoms with van der Waals surface area (Å²) in [6.45, 7) is 7.26. The molecule has 0 aliphatic carbocycles. The fraction of sp³-hybridized carbons (Fsp3) is 0.429. The maximum Gasteiger partial charge on any atom is 0.328 e. The maximum atomic E-state index is 12.6. The number of Topliss-reactive ketones (excluding diaryl/α,β-unsaturated/α-hetero) is 1. The summed E-state index contributed by atoms with van der Waals surface area (Å²) in [4.78, 5) is 46.4. The first-order chi connectivity index (χ1) is 17.9. The van der Waals surface area contributed by atoms with Crippen molar-refractivity contribution in [2.24, 2.45) is 11.7 Å². The molecule has 206 valence electrons. The fourth-order valence-electron chi connectivity index (χ4n) is 3.87. The number of rotatable bonds is 9. The first kappa shape index (κ1) is 30.3. The van der Waals surface area contributed by atoms with Crippen molar-refractivity contribution < 1.29 is 33.4 Å². The van der Waals surface area contributed by atoms with Gasteiger partial charge in [-0.3, -0.25) is 14.4 Å². The van der Waals surface area contributed by atoms with Crippen LogP contribution in [0.15, 0.2) is 42.5 Å². The van der Waals surface area contributed by atoms with E-state index < -0.39 is 24.0 Å². The molecule has 1 aliphatic rings. The van der Waals surface area contributed by atoms with Gasteiger partial charge in [0.25, 0.3) is 0 Å². The van der Waals surface area contributed by atoms with Crippen molar-refractivity contribution in [1.82, 2.24) is 5.32 Å². The number of esters is 2. The number of methoxy groups -OCH3 is 1. The van der Waals surface area contributed by atoms with Crippen LogP contribution in [0.5, 0.6) is 11.5 Å². The van der Waals surface area contributed by atoms with Crippen LogP contribution in [0.3, 0.4) is 0 Å². The first-order valence-corrected chi connectivity index (χ1v) is 12.4. The number of nitrogens with two attached hydrogens (primary N) is 2. The highest BCUT2D eigenvalue weighted by Gasteiger charge is 2.28. The zero-order chi connectivity index (χ0) is 28.4. The molecule has 0 spiro atoms. The van der Waals surface area contributed by atoms with Crippen LogP contribution in [0.2, 0.25) is 0 Å². The van der Waals surface area contributed by atoms with E-state index in [4.69, 9.17) is 20.9 Å². The Morgan fingerprint density at radius 2 is 1.79 bits per heavy atom. The van der Waals surface area contributed by atoms with Gasteiger partial charge in [0, 0.05) is 30.5 Å². The minimum Gasteiger partial charge on any atom is -0.493 e. The summed E-state index contributed by atoms with van der Waals surface area (Å²) < 4.78 is 15.3. The molecule has 3 atom stereocenters. The Hall–Kier alpha value is -3.92. The maximum absolute atomic E-state index is 12.6. The Balaban J connectivity index is 0.000000296. The second-order valence-electron chi connectivity index (χ2n) is 9.52. The van der Waals surface area contributed by atoms with Crippen molar-refractivity contribution in [1.29, 1.82) is 0 Å². The molecule has 10 heteroatoms. The molecule has 3 rings (SSSR count). The van der Waals surface area contributed by atoms with Crippen LogP contribution in [-0.4, -0.2) is 49.4 Å². The van der Waals surface area contributed by atoms with Gasteiger partial charge in [-0.05, 0) is 49.6 Å². The van der Waals surface area contributed by atoms with E-state index in [-0.39, 0.29) is 29.8 Å². The fourth-order valence-corrected chi connectivity index (χ4v) is 3.87. The van der Waals surface area contributed by atoms with E-state index >= 15 is 0 Å². The lowest BCUT2D eigenvalue weighted by Gasteiger charge is -2.19. The number of hydrogen-bond donors (Lipinski definition) is 3. The smallest absolute Gasteiger partial charge is 0.328 e. The molecule has 38 heavy (non-hydrogen) atoms. The molecule has 0 bridgehead atoms. The van der Waals surface area contributed by atoms with E-state index in [2.05, 4.69) is 10.1 Å². The molecule has 0 radical (unpaired) electrons. The van der Waals surface area contributed by atoms with Gasteiger partial charge in [-0.25, -0.2) is 4.79 Å². The van der Waals surface area contributed by atoms with Crippen LogP contribution in [-0.2, 0) is 19.1 Å². The summed E-state index contributed by atoms with van der Waals surface area (Å²) in [6.07, 6.45) is 0.819. The largest absolute Gasteiger partial charge is 0.493 e. The minimum atomic E-state index is -0.621. The Labute approximate surface area is 223 Å². The lowest BCUT2D eigenvalue weighted by atomic mass is 9.92. The molecule has 10 nitrogen and oxygen atoms in total. The van der Waals surface area contributed by atoms with Crippen LogP contribution in [0.4, 0.5) is 5.69 Å². The third-order valence-electron chi connectivity index (χ3n) is 5.71. The normalized spacial score (nSPS) is 15.2. The molecule has 2 aromatic rings. The molecule has 1 amide bonds. The van der Waals surface area contributed by atoms with E-state index in [0.29, 0.717) is 30.2 Å². The molecule has 0 fully saturated rings. The van der Waals surface area contributed by atoms with Gasteiger partial charge in [-0.1, -0.05) is 26.0 Å². The highest BCUT2D eigenvalue weighted by atomic mass is 16.5. The van der Waals surface area contributed by atoms with Crippen LogP contribution >= 0.6 is 0 Å². The van der Waals surface area contributed by atoms with Gasteiger partial charge in [0.2, 0.25) is 5.91 Å². The average Bonchev–Trinajstić information content (AvgIpc) is 3.24. The number of anilines is 1. The number of ketones is 1. The molecular weight excluding hydrogens is 490 g/mol. The molecule has 1 aliphatic heterocycles. The van der Waals surface area contributed by atoms with E-state index in [1.54, 1.807) is 37.3 Å². The van der Waals surface area contributed by atoms with Crippen molar-refractivity contribution in [3.05, 3.63) is 53.6 Å². The Kier molecular flexibility index (Phi) is 11.3. The monoisotopic (exact) mass is 527 g/mol. The zero-order valence-electron chi connectivity index (χ0n) is 22.5. The molecule has 0 saturated heterocycles. The Morgan fingerprint density at radius 3 is 2.39 bits per heavy atom. The second-order valence-corrected chi connectivity index (χ2v) is 9.52. The predicted molar refractivity (Wildman–Crippen MR) is 143 cm³/mol. The predicted octanol–water partition coefficient (Wildman–Crippen LogP) is 2.98. The average molecular weight is 528 g/mol. The quantitative estimate of drug-likeness (QED) is 0.193. The highest BCUT2D eigenvalue weighted by Crippen LogP contribution is 2.38. The highest BCUT2D eigenvalue weighted by molar-refractivity contribution is 5.99. The molecule has 1 heterocycles. The first-order valence-electron chi connectivity index (χ1n) is 12.4. The lowest BCUT2D eigenvalue weighted by Crippen LogP contribution is -2.48. The number of para-hydroxylation sites is 1. The van der Waals surface area contributed by atoms with E-state index in [1.807, 2.05) is 26.0 Å². The number of benzene rings is 2. The van der Waals surface area contributed by atoms with Crippen LogP contribution in [0.1, 0.15) is 62.4 Å². The molecule has 0 aromatic heterocycles. The lowest BCUT2D eigenvalue weighted by molar-refractivity contribution is -0.145. The van der Waals surface area contributed by atoms with Gasteiger partial charge in [-0.2, -0.15) is 0 Å². The van der Waals surface area contributed by atoms with Crippen LogP contribution in [0, 0.1) is 5.92 Å². The summed E-state index contributed by atoms with van der Waals surface area (Å²) in [5.41, 5.74) is 13.2. The van der Waals surface area contributed by atoms with Gasteiger partial charge >= 0.3 is 11.9 Å². The minimum absolute atomic E-state index is 0.0496. The van der Waals surface area contributed by atoms with E-state index in [9.17, 15) is 19.2 Å². The van der Waals surface area contributed by atoms with Crippen molar-refractivity contribution in [2.45, 2.75) is 58.5 Å². The Bertz CT molecular complexity index is 1150. The van der Waals surface area contributed by atoms with E-state index in [0.717, 1.165) is 11.3 Å². The Morgan fingerprint density at radius 1 is 1.11 bits per heavy atom. The van der Waals surface area contributed by atoms with Crippen molar-refractivity contribution in [3.63, 3.8) is 0 Å². The van der Waals surface area contributed by atoms with E-state index in [1.165, 1.54) is 14.0 Å². The van der Waals surface area contributed by atoms with Gasteiger partial charge < -0.3 is 31.0 Å². The summed E-state index contributed by atoms with van der Waals surface area (Å²) in [5, 5.41) is 2.56. The third-order valence-corrected chi connectivity index (χ3v) is 5.71. The number of fused-ring (bicyclic) bond motifs is 1. The van der Waals surface area contributed by atoms with Crippen LogP contribution in [0.25, 0.3) is 0 Å². The number of amides is 1. The third kappa shape index (κ3) is 8.88. The number of carbonyl (C=O) groups excluding carboxylic acids is 4. The second kappa shape index (κ2) is 14.1. The number of nitrogen functional groups attached to an aromatic ring is 1.